The number of aliphatic hydroxyl groups excluding tert-OH is 1. The lowest BCUT2D eigenvalue weighted by atomic mass is 9.96. The van der Waals surface area contributed by atoms with Crippen LogP contribution in [0.15, 0.2) is 93.4 Å². The van der Waals surface area contributed by atoms with Crippen molar-refractivity contribution in [2.75, 3.05) is 0 Å². The van der Waals surface area contributed by atoms with Crippen molar-refractivity contribution < 1.29 is 28.5 Å². The highest BCUT2D eigenvalue weighted by Crippen LogP contribution is 2.36. The molecule has 0 radical (unpaired) electrons. The second kappa shape index (κ2) is 20.0. The molecule has 71 heavy (non-hydrogen) atoms. The Hall–Kier alpha value is -7.05. The minimum atomic E-state index is -1.18. The zero-order valence-corrected chi connectivity index (χ0v) is 42.6. The molecule has 0 amide bonds. The van der Waals surface area contributed by atoms with Crippen molar-refractivity contribution in [2.24, 2.45) is 0 Å². The lowest BCUT2D eigenvalue weighted by molar-refractivity contribution is 0.0739. The van der Waals surface area contributed by atoms with Gasteiger partial charge in [-0.15, -0.1) is 0 Å². The number of aromatic nitrogens is 8. The molecule has 8 heterocycles. The fourth-order valence-electron chi connectivity index (χ4n) is 8.17. The van der Waals surface area contributed by atoms with E-state index < -0.39 is 35.0 Å². The summed E-state index contributed by atoms with van der Waals surface area (Å²) in [7, 11) is 0. The van der Waals surface area contributed by atoms with Crippen LogP contribution in [0, 0.1) is 60.1 Å². The molecule has 0 aliphatic rings. The highest BCUT2D eigenvalue weighted by Gasteiger charge is 2.24. The monoisotopic (exact) mass is 1040 g/mol. The van der Waals surface area contributed by atoms with E-state index in [1.54, 1.807) is 102 Å². The Balaban J connectivity index is 1.12. The second-order valence-electron chi connectivity index (χ2n) is 17.8. The van der Waals surface area contributed by atoms with Crippen molar-refractivity contribution in [1.29, 1.82) is 0 Å². The average molecular weight is 1050 g/mol. The van der Waals surface area contributed by atoms with Crippen LogP contribution >= 0.6 is 27.5 Å². The molecule has 0 atom stereocenters. The standard InChI is InChI=1S/C53H48BrClF2N8O6/c1-26-10-11-46(53(8,9)69)63-49(26)38-17-42(28(3)19-58-38)64-30(5)13-44(47(54)51(64)67)70-25-41-37(15-34(57)22-61-41)36-16-35(23-66)62-50(32(36)7)39-18-43(29(4)20-59-39)65-31(6)14-45(48(55)52(65)68)71-24-40-27(2)12-33(56)21-60-40/h10-22,66,69H,23-25H2,1-9H3. The molecule has 0 aromatic carbocycles. The fraction of sp³-hybridized carbons (Fsp3) is 0.245. The van der Waals surface area contributed by atoms with Crippen LogP contribution < -0.4 is 20.6 Å². The third-order valence-corrected chi connectivity index (χ3v) is 13.1. The van der Waals surface area contributed by atoms with E-state index >= 15 is 4.39 Å². The molecule has 8 aromatic rings. The molecule has 0 aliphatic heterocycles. The maximum atomic E-state index is 15.2. The summed E-state index contributed by atoms with van der Waals surface area (Å²) in [6, 6.07) is 14.7. The SMILES string of the molecule is Cc1cnc(-c2nc(CO)cc(-c3cc(F)cnc3COc3cc(C)n(-c4cc(-c5nc(C(C)(C)O)ccc5C)ncc4C)c(=O)c3Br)c2C)cc1-n1c(C)cc(OCc2ncc(F)cc2C)c(Cl)c1=O. The Kier molecular flexibility index (Phi) is 14.2. The van der Waals surface area contributed by atoms with Crippen LogP contribution in [0.5, 0.6) is 11.5 Å². The molecule has 8 rings (SSSR count). The third-order valence-electron chi connectivity index (χ3n) is 12.0. The van der Waals surface area contributed by atoms with E-state index in [9.17, 15) is 24.2 Å². The summed E-state index contributed by atoms with van der Waals surface area (Å²) < 4.78 is 44.2. The number of pyridine rings is 8. The number of aliphatic hydroxyl groups is 2. The summed E-state index contributed by atoms with van der Waals surface area (Å²) in [6.07, 6.45) is 5.42. The number of hydrogen-bond donors (Lipinski definition) is 2. The Bertz CT molecular complexity index is 3560. The first-order chi connectivity index (χ1) is 33.6. The molecule has 8 aromatic heterocycles. The first-order valence-corrected chi connectivity index (χ1v) is 23.4. The lowest BCUT2D eigenvalue weighted by Gasteiger charge is -2.20. The van der Waals surface area contributed by atoms with Gasteiger partial charge in [0, 0.05) is 41.5 Å². The number of hydrogen-bond acceptors (Lipinski definition) is 12. The van der Waals surface area contributed by atoms with E-state index in [2.05, 4.69) is 35.9 Å². The van der Waals surface area contributed by atoms with E-state index in [1.165, 1.54) is 16.7 Å². The maximum absolute atomic E-state index is 15.2. The molecule has 0 saturated heterocycles. The van der Waals surface area contributed by atoms with Gasteiger partial charge < -0.3 is 19.7 Å². The molecule has 2 N–H and O–H groups in total. The molecule has 0 bridgehead atoms. The van der Waals surface area contributed by atoms with Crippen molar-refractivity contribution in [3.05, 3.63) is 183 Å². The number of nitrogens with zero attached hydrogens (tertiary/aromatic N) is 8. The zero-order chi connectivity index (χ0) is 51.2. The van der Waals surface area contributed by atoms with Gasteiger partial charge >= 0.3 is 0 Å². The minimum absolute atomic E-state index is 0.0455. The summed E-state index contributed by atoms with van der Waals surface area (Å²) in [5, 5.41) is 21.0. The van der Waals surface area contributed by atoms with Crippen molar-refractivity contribution >= 4 is 27.5 Å². The highest BCUT2D eigenvalue weighted by molar-refractivity contribution is 9.10. The number of ether oxygens (including phenoxy) is 2. The van der Waals surface area contributed by atoms with E-state index in [1.807, 2.05) is 19.9 Å². The van der Waals surface area contributed by atoms with E-state index in [0.29, 0.717) is 90.4 Å². The van der Waals surface area contributed by atoms with Gasteiger partial charge in [0.1, 0.15) is 51.4 Å². The summed E-state index contributed by atoms with van der Waals surface area (Å²) in [6.45, 7) is 15.1. The molecule has 14 nitrogen and oxygen atoms in total. The maximum Gasteiger partial charge on any atom is 0.277 e. The molecule has 0 fully saturated rings. The van der Waals surface area contributed by atoms with E-state index in [-0.39, 0.29) is 39.9 Å². The minimum Gasteiger partial charge on any atom is -0.486 e. The first-order valence-electron chi connectivity index (χ1n) is 22.3. The average Bonchev–Trinajstić information content (AvgIpc) is 3.32. The Morgan fingerprint density at radius 3 is 1.83 bits per heavy atom. The topological polar surface area (TPSA) is 180 Å². The smallest absolute Gasteiger partial charge is 0.277 e. The molecule has 18 heteroatoms. The molecule has 0 spiro atoms. The predicted octanol–water partition coefficient (Wildman–Crippen LogP) is 10.1. The van der Waals surface area contributed by atoms with E-state index in [4.69, 9.17) is 31.0 Å². The second-order valence-corrected chi connectivity index (χ2v) is 18.9. The van der Waals surface area contributed by atoms with Gasteiger partial charge in [0.25, 0.3) is 11.1 Å². The van der Waals surface area contributed by atoms with Crippen molar-refractivity contribution in [3.8, 4) is 56.8 Å². The summed E-state index contributed by atoms with van der Waals surface area (Å²) in [5.41, 5.74) is 7.36. The normalized spacial score (nSPS) is 11.6. The van der Waals surface area contributed by atoms with Gasteiger partial charge in [-0.2, -0.15) is 0 Å². The Morgan fingerprint density at radius 1 is 0.648 bits per heavy atom. The van der Waals surface area contributed by atoms with Crippen LogP contribution in [-0.2, 0) is 25.4 Å². The number of aryl methyl sites for hydroxylation is 6. The summed E-state index contributed by atoms with van der Waals surface area (Å²) in [5.74, 6) is -0.759. The van der Waals surface area contributed by atoms with Crippen molar-refractivity contribution in [3.63, 3.8) is 0 Å². The van der Waals surface area contributed by atoms with Gasteiger partial charge in [0.15, 0.2) is 0 Å². The van der Waals surface area contributed by atoms with E-state index in [0.717, 1.165) is 23.5 Å². The van der Waals surface area contributed by atoms with Crippen LogP contribution in [0.3, 0.4) is 0 Å². The van der Waals surface area contributed by atoms with Gasteiger partial charge in [-0.1, -0.05) is 17.7 Å². The Labute approximate surface area is 420 Å². The Morgan fingerprint density at radius 2 is 1.21 bits per heavy atom. The fourth-order valence-corrected chi connectivity index (χ4v) is 8.77. The quantitative estimate of drug-likeness (QED) is 0.112. The third kappa shape index (κ3) is 10.1. The highest BCUT2D eigenvalue weighted by atomic mass is 79.9. The number of rotatable bonds is 13. The van der Waals surface area contributed by atoms with Crippen molar-refractivity contribution in [1.82, 2.24) is 39.0 Å². The van der Waals surface area contributed by atoms with Gasteiger partial charge in [0.05, 0.1) is 75.9 Å². The van der Waals surface area contributed by atoms with Gasteiger partial charge in [-0.05, 0) is 148 Å². The molecule has 0 unspecified atom stereocenters. The molecule has 364 valence electrons. The summed E-state index contributed by atoms with van der Waals surface area (Å²) >= 11 is 10.1. The predicted molar refractivity (Wildman–Crippen MR) is 269 cm³/mol. The molecule has 0 aliphatic carbocycles. The van der Waals surface area contributed by atoms with Crippen LogP contribution in [0.25, 0.3) is 45.3 Å². The molecular formula is C53H48BrClF2N8O6. The van der Waals surface area contributed by atoms with Gasteiger partial charge in [-0.25, -0.2) is 18.7 Å². The zero-order valence-electron chi connectivity index (χ0n) is 40.2. The molecule has 0 saturated carbocycles. The first kappa shape index (κ1) is 50.3. The van der Waals surface area contributed by atoms with Gasteiger partial charge in [-0.3, -0.25) is 38.7 Å². The van der Waals surface area contributed by atoms with Crippen LogP contribution in [0.2, 0.25) is 5.02 Å². The lowest BCUT2D eigenvalue weighted by Crippen LogP contribution is -2.23. The largest absolute Gasteiger partial charge is 0.486 e. The van der Waals surface area contributed by atoms with Crippen molar-refractivity contribution in [2.45, 2.75) is 87.7 Å². The number of halogens is 4. The van der Waals surface area contributed by atoms with Crippen LogP contribution in [0.4, 0.5) is 8.78 Å². The summed E-state index contributed by atoms with van der Waals surface area (Å²) in [4.78, 5) is 55.4. The van der Waals surface area contributed by atoms with Crippen LogP contribution in [-0.4, -0.2) is 49.3 Å². The van der Waals surface area contributed by atoms with Crippen LogP contribution in [0.1, 0.15) is 75.8 Å². The van der Waals surface area contributed by atoms with Gasteiger partial charge in [0.2, 0.25) is 0 Å². The molecular weight excluding hydrogens is 998 g/mol.